The van der Waals surface area contributed by atoms with Gasteiger partial charge in [0, 0.05) is 25.3 Å². The van der Waals surface area contributed by atoms with Gasteiger partial charge in [0.1, 0.15) is 0 Å². The van der Waals surface area contributed by atoms with Gasteiger partial charge in [0.05, 0.1) is 11.9 Å². The zero-order valence-corrected chi connectivity index (χ0v) is 26.1. The number of fused-ring (bicyclic) bond motifs is 1. The van der Waals surface area contributed by atoms with Crippen LogP contribution >= 0.6 is 0 Å². The van der Waals surface area contributed by atoms with E-state index in [9.17, 15) is 0 Å². The standard InChI is InChI=1S/C36H52N4/c1-8-11-14-30(10-3)24-39-20-19-32-22-31(21-27(5)33(32)25-39)18-17-26(4)29(7)34-15-12-16-36(38-34)40-35(13-9-2)28(6)23-37-40/h12,15-16,21-23,26,30H,7-11,13-14,17-20,24-25H2,1-6H3/t26?,30-/m0/s1. The first kappa shape index (κ1) is 30.2. The Morgan fingerprint density at radius 2 is 1.85 bits per heavy atom. The Hall–Kier alpha value is -2.72. The molecule has 2 atom stereocenters. The predicted molar refractivity (Wildman–Crippen MR) is 170 cm³/mol. The van der Waals surface area contributed by atoms with Crippen LogP contribution in [-0.4, -0.2) is 32.8 Å². The van der Waals surface area contributed by atoms with Crippen LogP contribution in [0.3, 0.4) is 0 Å². The Balaban J connectivity index is 1.38. The predicted octanol–water partition coefficient (Wildman–Crippen LogP) is 8.69. The Kier molecular flexibility index (Phi) is 10.8. The normalized spacial score (nSPS) is 15.2. The molecule has 0 N–H and O–H groups in total. The Labute approximate surface area is 243 Å². The van der Waals surface area contributed by atoms with Crippen molar-refractivity contribution in [1.29, 1.82) is 0 Å². The largest absolute Gasteiger partial charge is 0.298 e. The number of aryl methyl sites for hydroxylation is 3. The lowest BCUT2D eigenvalue weighted by atomic mass is 9.88. The van der Waals surface area contributed by atoms with Crippen molar-refractivity contribution in [1.82, 2.24) is 19.7 Å². The van der Waals surface area contributed by atoms with Crippen molar-refractivity contribution in [2.45, 2.75) is 106 Å². The first-order chi connectivity index (χ1) is 19.3. The summed E-state index contributed by atoms with van der Waals surface area (Å²) in [6, 6.07) is 11.2. The fourth-order valence-electron chi connectivity index (χ4n) is 6.31. The summed E-state index contributed by atoms with van der Waals surface area (Å²) in [4.78, 5) is 7.70. The Morgan fingerprint density at radius 3 is 2.60 bits per heavy atom. The van der Waals surface area contributed by atoms with Gasteiger partial charge in [0.25, 0.3) is 0 Å². The number of rotatable bonds is 14. The smallest absolute Gasteiger partial charge is 0.154 e. The molecular formula is C36H52N4. The maximum absolute atomic E-state index is 4.99. The molecule has 216 valence electrons. The van der Waals surface area contributed by atoms with Crippen molar-refractivity contribution < 1.29 is 0 Å². The summed E-state index contributed by atoms with van der Waals surface area (Å²) < 4.78 is 2.00. The highest BCUT2D eigenvalue weighted by molar-refractivity contribution is 5.62. The summed E-state index contributed by atoms with van der Waals surface area (Å²) in [7, 11) is 0. The molecule has 0 radical (unpaired) electrons. The van der Waals surface area contributed by atoms with Crippen LogP contribution in [0.1, 0.15) is 105 Å². The summed E-state index contributed by atoms with van der Waals surface area (Å²) >= 11 is 0. The lowest BCUT2D eigenvalue weighted by Gasteiger charge is -2.33. The minimum Gasteiger partial charge on any atom is -0.298 e. The summed E-state index contributed by atoms with van der Waals surface area (Å²) in [6.45, 7) is 21.7. The topological polar surface area (TPSA) is 34.0 Å². The van der Waals surface area contributed by atoms with E-state index < -0.39 is 0 Å². The zero-order valence-electron chi connectivity index (χ0n) is 26.1. The Bertz CT molecular complexity index is 1270. The monoisotopic (exact) mass is 540 g/mol. The number of hydrogen-bond donors (Lipinski definition) is 0. The van der Waals surface area contributed by atoms with Gasteiger partial charge < -0.3 is 0 Å². The second kappa shape index (κ2) is 14.3. The molecule has 0 bridgehead atoms. The molecular weight excluding hydrogens is 488 g/mol. The first-order valence-electron chi connectivity index (χ1n) is 15.9. The fourth-order valence-corrected chi connectivity index (χ4v) is 6.31. The zero-order chi connectivity index (χ0) is 28.6. The average molecular weight is 541 g/mol. The molecule has 40 heavy (non-hydrogen) atoms. The highest BCUT2D eigenvalue weighted by Gasteiger charge is 2.21. The van der Waals surface area contributed by atoms with Gasteiger partial charge in [-0.2, -0.15) is 5.10 Å². The third-order valence-corrected chi connectivity index (χ3v) is 9.07. The molecule has 1 unspecified atom stereocenters. The number of pyridine rings is 1. The van der Waals surface area contributed by atoms with Crippen LogP contribution in [0.5, 0.6) is 0 Å². The van der Waals surface area contributed by atoms with E-state index in [1.54, 1.807) is 11.1 Å². The molecule has 4 heteroatoms. The van der Waals surface area contributed by atoms with Gasteiger partial charge in [-0.1, -0.05) is 78.2 Å². The van der Waals surface area contributed by atoms with Gasteiger partial charge >= 0.3 is 0 Å². The van der Waals surface area contributed by atoms with Crippen molar-refractivity contribution in [2.75, 3.05) is 13.1 Å². The average Bonchev–Trinajstić information content (AvgIpc) is 3.33. The molecule has 0 saturated heterocycles. The molecule has 1 aromatic carbocycles. The van der Waals surface area contributed by atoms with Crippen molar-refractivity contribution >= 4 is 5.57 Å². The summed E-state index contributed by atoms with van der Waals surface area (Å²) in [5.41, 5.74) is 10.7. The number of aromatic nitrogens is 3. The molecule has 0 spiro atoms. The lowest BCUT2D eigenvalue weighted by Crippen LogP contribution is -2.35. The van der Waals surface area contributed by atoms with Gasteiger partial charge in [-0.3, -0.25) is 4.90 Å². The molecule has 4 nitrogen and oxygen atoms in total. The lowest BCUT2D eigenvalue weighted by molar-refractivity contribution is 0.202. The summed E-state index contributed by atoms with van der Waals surface area (Å²) in [6.07, 6.45) is 12.7. The van der Waals surface area contributed by atoms with E-state index in [1.165, 1.54) is 67.6 Å². The van der Waals surface area contributed by atoms with Crippen LogP contribution in [0.2, 0.25) is 0 Å². The molecule has 1 aliphatic rings. The fraction of sp³-hybridized carbons (Fsp3) is 0.556. The number of hydrogen-bond acceptors (Lipinski definition) is 3. The number of allylic oxidation sites excluding steroid dienone is 1. The van der Waals surface area contributed by atoms with Crippen LogP contribution in [0.4, 0.5) is 0 Å². The van der Waals surface area contributed by atoms with Crippen LogP contribution in [-0.2, 0) is 25.8 Å². The maximum atomic E-state index is 4.99. The van der Waals surface area contributed by atoms with Gasteiger partial charge in [0.2, 0.25) is 0 Å². The molecule has 4 rings (SSSR count). The molecule has 3 aromatic rings. The number of nitrogens with zero attached hydrogens (tertiary/aromatic N) is 4. The second-order valence-corrected chi connectivity index (χ2v) is 12.2. The molecule has 0 fully saturated rings. The van der Waals surface area contributed by atoms with Crippen LogP contribution < -0.4 is 0 Å². The molecule has 2 aromatic heterocycles. The third-order valence-electron chi connectivity index (χ3n) is 9.07. The van der Waals surface area contributed by atoms with Gasteiger partial charge in [-0.05, 0) is 103 Å². The maximum Gasteiger partial charge on any atom is 0.154 e. The van der Waals surface area contributed by atoms with Gasteiger partial charge in [-0.15, -0.1) is 0 Å². The van der Waals surface area contributed by atoms with E-state index in [0.717, 1.165) is 55.2 Å². The highest BCUT2D eigenvalue weighted by Crippen LogP contribution is 2.29. The van der Waals surface area contributed by atoms with Crippen LogP contribution in [0, 0.1) is 25.7 Å². The summed E-state index contributed by atoms with van der Waals surface area (Å²) in [5, 5.41) is 4.63. The van der Waals surface area contributed by atoms with Crippen LogP contribution in [0.15, 0.2) is 43.1 Å². The van der Waals surface area contributed by atoms with E-state index in [-0.39, 0.29) is 0 Å². The molecule has 0 aliphatic carbocycles. The first-order valence-corrected chi connectivity index (χ1v) is 15.9. The highest BCUT2D eigenvalue weighted by atomic mass is 15.3. The van der Waals surface area contributed by atoms with E-state index >= 15 is 0 Å². The second-order valence-electron chi connectivity index (χ2n) is 12.2. The minimum atomic E-state index is 0.359. The van der Waals surface area contributed by atoms with Crippen molar-refractivity contribution in [3.63, 3.8) is 0 Å². The number of benzene rings is 1. The Morgan fingerprint density at radius 1 is 1.02 bits per heavy atom. The van der Waals surface area contributed by atoms with E-state index in [4.69, 9.17) is 4.98 Å². The van der Waals surface area contributed by atoms with Gasteiger partial charge in [0.15, 0.2) is 5.82 Å². The van der Waals surface area contributed by atoms with E-state index in [2.05, 4.69) is 88.5 Å². The molecule has 0 amide bonds. The molecule has 0 saturated carbocycles. The third kappa shape index (κ3) is 7.32. The number of unbranched alkanes of at least 4 members (excludes halogenated alkanes) is 1. The quantitative estimate of drug-likeness (QED) is 0.205. The summed E-state index contributed by atoms with van der Waals surface area (Å²) in [5.74, 6) is 2.09. The van der Waals surface area contributed by atoms with Crippen molar-refractivity contribution in [3.8, 4) is 5.82 Å². The van der Waals surface area contributed by atoms with Crippen molar-refractivity contribution in [3.05, 3.63) is 82.3 Å². The van der Waals surface area contributed by atoms with E-state index in [0.29, 0.717) is 5.92 Å². The molecule has 3 heterocycles. The molecule has 1 aliphatic heterocycles. The SMILES string of the molecule is C=C(c1cccc(-n2ncc(C)c2CCC)n1)C(C)CCc1cc(C)c2c(c1)CCN(C[C@@H](CC)CCCC)C2. The van der Waals surface area contributed by atoms with E-state index in [1.807, 2.05) is 10.9 Å². The van der Waals surface area contributed by atoms with Crippen LogP contribution in [0.25, 0.3) is 11.4 Å². The minimum absolute atomic E-state index is 0.359. The van der Waals surface area contributed by atoms with Crippen molar-refractivity contribution in [2.24, 2.45) is 11.8 Å². The van der Waals surface area contributed by atoms with Gasteiger partial charge in [-0.25, -0.2) is 9.67 Å².